The largest absolute Gasteiger partial charge is 0.349 e. The number of rotatable bonds is 8. The van der Waals surface area contributed by atoms with Gasteiger partial charge in [0.15, 0.2) is 11.6 Å². The molecule has 2 aromatic carbocycles. The monoisotopic (exact) mass is 503 g/mol. The Kier molecular flexibility index (Phi) is 7.27. The molecule has 1 aromatic heterocycles. The lowest BCUT2D eigenvalue weighted by molar-refractivity contribution is -0.132. The van der Waals surface area contributed by atoms with Crippen LogP contribution in [0.25, 0.3) is 0 Å². The number of anilines is 4. The number of piperazine rings is 1. The molecule has 0 bridgehead atoms. The van der Waals surface area contributed by atoms with E-state index in [-0.39, 0.29) is 29.6 Å². The quantitative estimate of drug-likeness (QED) is 0.433. The second-order valence-electron chi connectivity index (χ2n) is 9.52. The smallest absolute Gasteiger partial charge is 0.251 e. The van der Waals surface area contributed by atoms with E-state index in [0.29, 0.717) is 17.7 Å². The van der Waals surface area contributed by atoms with Crippen LogP contribution in [0.15, 0.2) is 54.7 Å². The summed E-state index contributed by atoms with van der Waals surface area (Å²) < 4.78 is 14.4. The van der Waals surface area contributed by atoms with Crippen molar-refractivity contribution in [3.8, 4) is 0 Å². The first-order chi connectivity index (χ1) is 17.9. The van der Waals surface area contributed by atoms with E-state index < -0.39 is 5.82 Å². The van der Waals surface area contributed by atoms with Gasteiger partial charge in [-0.25, -0.2) is 9.37 Å². The van der Waals surface area contributed by atoms with Crippen LogP contribution in [0.2, 0.25) is 0 Å². The Morgan fingerprint density at radius 1 is 0.946 bits per heavy atom. The molecule has 2 fully saturated rings. The number of halogens is 1. The average Bonchev–Trinajstić information content (AvgIpc) is 3.72. The molecule has 0 spiro atoms. The maximum Gasteiger partial charge on any atom is 0.251 e. The molecule has 1 saturated carbocycles. The minimum Gasteiger partial charge on any atom is -0.349 e. The Labute approximate surface area is 215 Å². The molecule has 1 aliphatic heterocycles. The van der Waals surface area contributed by atoms with E-state index in [4.69, 9.17) is 0 Å². The molecule has 10 heteroatoms. The molecule has 5 rings (SSSR count). The van der Waals surface area contributed by atoms with Crippen LogP contribution in [0.5, 0.6) is 0 Å². The molecule has 2 aliphatic rings. The summed E-state index contributed by atoms with van der Waals surface area (Å²) >= 11 is 0. The molecular weight excluding hydrogens is 473 g/mol. The van der Waals surface area contributed by atoms with Crippen LogP contribution in [0, 0.1) is 5.82 Å². The van der Waals surface area contributed by atoms with Crippen molar-refractivity contribution in [2.75, 3.05) is 43.9 Å². The van der Waals surface area contributed by atoms with Crippen LogP contribution in [-0.2, 0) is 11.2 Å². The molecule has 2 heterocycles. The second kappa shape index (κ2) is 10.9. The summed E-state index contributed by atoms with van der Waals surface area (Å²) in [5.74, 6) is -0.335. The van der Waals surface area contributed by atoms with E-state index in [1.165, 1.54) is 0 Å². The minimum absolute atomic E-state index is 0.0158. The van der Waals surface area contributed by atoms with Gasteiger partial charge in [-0.3, -0.25) is 9.59 Å². The standard InChI is InChI=1S/C27H30FN7O2/c1-34-12-14-35(15-13-34)24(36)16-18-2-6-22(7-3-18)32-27-29-17-23(28)25(33-27)30-20-8-4-19(5-9-20)26(37)31-21-10-11-21/h2-9,17,21H,10-16H2,1H3,(H,31,37)(H2,29,30,32,33). The van der Waals surface area contributed by atoms with Crippen molar-refractivity contribution >= 4 is 35.0 Å². The van der Waals surface area contributed by atoms with E-state index in [1.54, 1.807) is 24.3 Å². The highest BCUT2D eigenvalue weighted by Gasteiger charge is 2.23. The summed E-state index contributed by atoms with van der Waals surface area (Å²) in [4.78, 5) is 37.1. The summed E-state index contributed by atoms with van der Waals surface area (Å²) in [6.07, 6.45) is 3.50. The minimum atomic E-state index is -0.598. The van der Waals surface area contributed by atoms with Crippen molar-refractivity contribution in [1.29, 1.82) is 0 Å². The Morgan fingerprint density at radius 3 is 2.27 bits per heavy atom. The maximum absolute atomic E-state index is 14.4. The van der Waals surface area contributed by atoms with Crippen molar-refractivity contribution in [2.24, 2.45) is 0 Å². The average molecular weight is 504 g/mol. The Bertz CT molecular complexity index is 1250. The van der Waals surface area contributed by atoms with Gasteiger partial charge in [0, 0.05) is 49.2 Å². The number of aromatic nitrogens is 2. The third kappa shape index (κ3) is 6.59. The Morgan fingerprint density at radius 2 is 1.59 bits per heavy atom. The highest BCUT2D eigenvalue weighted by atomic mass is 19.1. The summed E-state index contributed by atoms with van der Waals surface area (Å²) in [6, 6.07) is 14.5. The number of hydrogen-bond donors (Lipinski definition) is 3. The zero-order chi connectivity index (χ0) is 25.8. The molecule has 0 atom stereocenters. The van der Waals surface area contributed by atoms with Crippen molar-refractivity contribution < 1.29 is 14.0 Å². The lowest BCUT2D eigenvalue weighted by Gasteiger charge is -2.32. The van der Waals surface area contributed by atoms with Crippen LogP contribution in [0.1, 0.15) is 28.8 Å². The third-order valence-corrected chi connectivity index (χ3v) is 6.49. The third-order valence-electron chi connectivity index (χ3n) is 6.49. The maximum atomic E-state index is 14.4. The van der Waals surface area contributed by atoms with Gasteiger partial charge in [-0.1, -0.05) is 12.1 Å². The highest BCUT2D eigenvalue weighted by molar-refractivity contribution is 5.95. The van der Waals surface area contributed by atoms with Crippen LogP contribution in [0.3, 0.4) is 0 Å². The topological polar surface area (TPSA) is 102 Å². The molecule has 3 N–H and O–H groups in total. The van der Waals surface area contributed by atoms with Crippen LogP contribution >= 0.6 is 0 Å². The molecule has 37 heavy (non-hydrogen) atoms. The normalized spacial score (nSPS) is 15.8. The molecule has 3 aromatic rings. The lowest BCUT2D eigenvalue weighted by Crippen LogP contribution is -2.47. The van der Waals surface area contributed by atoms with Gasteiger partial charge in [0.25, 0.3) is 5.91 Å². The number of carbonyl (C=O) groups is 2. The summed E-state index contributed by atoms with van der Waals surface area (Å²) in [6.45, 7) is 3.30. The van der Waals surface area contributed by atoms with Gasteiger partial charge in [0.05, 0.1) is 12.6 Å². The molecule has 192 valence electrons. The SMILES string of the molecule is CN1CCN(C(=O)Cc2ccc(Nc3ncc(F)c(Nc4ccc(C(=O)NC5CC5)cc4)n3)cc2)CC1. The van der Waals surface area contributed by atoms with Gasteiger partial charge < -0.3 is 25.8 Å². The molecule has 9 nitrogen and oxygen atoms in total. The number of likely N-dealkylation sites (N-methyl/N-ethyl adjacent to an activating group) is 1. The molecular formula is C27H30FN7O2. The van der Waals surface area contributed by atoms with Crippen LogP contribution < -0.4 is 16.0 Å². The number of hydrogen-bond acceptors (Lipinski definition) is 7. The molecule has 0 radical (unpaired) electrons. The Balaban J connectivity index is 1.18. The molecule has 1 aliphatic carbocycles. The first-order valence-corrected chi connectivity index (χ1v) is 12.5. The van der Waals surface area contributed by atoms with Crippen molar-refractivity contribution in [3.63, 3.8) is 0 Å². The lowest BCUT2D eigenvalue weighted by atomic mass is 10.1. The van der Waals surface area contributed by atoms with E-state index in [2.05, 4.69) is 37.9 Å². The van der Waals surface area contributed by atoms with E-state index in [9.17, 15) is 14.0 Å². The zero-order valence-electron chi connectivity index (χ0n) is 20.7. The second-order valence-corrected chi connectivity index (χ2v) is 9.52. The molecule has 2 amide bonds. The highest BCUT2D eigenvalue weighted by Crippen LogP contribution is 2.22. The van der Waals surface area contributed by atoms with E-state index >= 15 is 0 Å². The summed E-state index contributed by atoms with van der Waals surface area (Å²) in [5, 5.41) is 8.95. The molecule has 0 unspecified atom stereocenters. The van der Waals surface area contributed by atoms with Crippen LogP contribution in [0.4, 0.5) is 27.5 Å². The number of carbonyl (C=O) groups excluding carboxylic acids is 2. The fourth-order valence-electron chi connectivity index (χ4n) is 4.03. The predicted octanol–water partition coefficient (Wildman–Crippen LogP) is 3.31. The number of nitrogens with zero attached hydrogens (tertiary/aromatic N) is 4. The number of nitrogens with one attached hydrogen (secondary N) is 3. The Hall–Kier alpha value is -4.05. The summed E-state index contributed by atoms with van der Waals surface area (Å²) in [5.41, 5.74) is 2.79. The van der Waals surface area contributed by atoms with Gasteiger partial charge in [0.2, 0.25) is 11.9 Å². The number of amides is 2. The van der Waals surface area contributed by atoms with Crippen molar-refractivity contribution in [1.82, 2.24) is 25.1 Å². The van der Waals surface area contributed by atoms with Gasteiger partial charge in [-0.05, 0) is 61.9 Å². The van der Waals surface area contributed by atoms with E-state index in [1.807, 2.05) is 29.2 Å². The van der Waals surface area contributed by atoms with Crippen molar-refractivity contribution in [2.45, 2.75) is 25.3 Å². The van der Waals surface area contributed by atoms with E-state index in [0.717, 1.165) is 56.5 Å². The van der Waals surface area contributed by atoms with Gasteiger partial charge >= 0.3 is 0 Å². The number of benzene rings is 2. The van der Waals surface area contributed by atoms with Gasteiger partial charge in [-0.15, -0.1) is 0 Å². The first-order valence-electron chi connectivity index (χ1n) is 12.5. The van der Waals surface area contributed by atoms with Gasteiger partial charge in [-0.2, -0.15) is 4.98 Å². The fourth-order valence-corrected chi connectivity index (χ4v) is 4.03. The zero-order valence-corrected chi connectivity index (χ0v) is 20.7. The fraction of sp³-hybridized carbons (Fsp3) is 0.333. The summed E-state index contributed by atoms with van der Waals surface area (Å²) in [7, 11) is 2.06. The van der Waals surface area contributed by atoms with Crippen LogP contribution in [-0.4, -0.2) is 70.9 Å². The van der Waals surface area contributed by atoms with Crippen molar-refractivity contribution in [3.05, 3.63) is 71.7 Å². The predicted molar refractivity (Wildman–Crippen MR) is 140 cm³/mol. The molecule has 1 saturated heterocycles. The first kappa shape index (κ1) is 24.6. The van der Waals surface area contributed by atoms with Gasteiger partial charge in [0.1, 0.15) is 0 Å².